The zero-order valence-electron chi connectivity index (χ0n) is 17.9. The largest absolute Gasteiger partial charge is 0.347 e. The highest BCUT2D eigenvalue weighted by Crippen LogP contribution is 2.34. The number of aromatic nitrogens is 5. The molecule has 1 aliphatic rings. The van der Waals surface area contributed by atoms with Crippen molar-refractivity contribution in [2.24, 2.45) is 0 Å². The van der Waals surface area contributed by atoms with Gasteiger partial charge in [-0.2, -0.15) is 10.4 Å². The molecule has 0 unspecified atom stereocenters. The lowest BCUT2D eigenvalue weighted by atomic mass is 10.1. The third-order valence-electron chi connectivity index (χ3n) is 5.69. The minimum absolute atomic E-state index is 0.122. The van der Waals surface area contributed by atoms with Gasteiger partial charge in [0, 0.05) is 18.3 Å². The van der Waals surface area contributed by atoms with Gasteiger partial charge in [0.25, 0.3) is 5.56 Å². The summed E-state index contributed by atoms with van der Waals surface area (Å²) in [6, 6.07) is 7.60. The Morgan fingerprint density at radius 3 is 2.74 bits per heavy atom. The van der Waals surface area contributed by atoms with E-state index in [9.17, 15) is 19.2 Å². The lowest BCUT2D eigenvalue weighted by Crippen LogP contribution is -2.42. The van der Waals surface area contributed by atoms with E-state index in [2.05, 4.69) is 15.2 Å². The Morgan fingerprint density at radius 2 is 2.03 bits per heavy atom. The third kappa shape index (κ3) is 3.47. The van der Waals surface area contributed by atoms with Gasteiger partial charge in [-0.05, 0) is 36.2 Å². The van der Waals surface area contributed by atoms with Crippen LogP contribution in [0.2, 0.25) is 5.02 Å². The van der Waals surface area contributed by atoms with E-state index in [0.717, 1.165) is 27.5 Å². The molecule has 170 valence electrons. The number of nitrogens with zero attached hydrogens (tertiary/aromatic N) is 6. The van der Waals surface area contributed by atoms with Gasteiger partial charge in [0.05, 0.1) is 47.0 Å². The van der Waals surface area contributed by atoms with Crippen LogP contribution in [0.1, 0.15) is 16.8 Å². The van der Waals surface area contributed by atoms with Crippen LogP contribution in [0.15, 0.2) is 52.4 Å². The standard InChI is InChI=1S/C23H17ClFN7O2/c1-13-6-16(10-27-8-13)32-22(33)20(14-2-3-18(25)17(24)7-14)21(31(5-4-26)23(32)34)30-11-15-9-28-29-19(15)12-30/h2-3,6-10H,5,11-12H2,1H3,(H,28,29). The molecule has 11 heteroatoms. The number of aryl methyl sites for hydroxylation is 1. The van der Waals surface area contributed by atoms with Crippen LogP contribution in [0.3, 0.4) is 0 Å². The molecule has 0 saturated carbocycles. The summed E-state index contributed by atoms with van der Waals surface area (Å²) in [5.74, 6) is -0.386. The van der Waals surface area contributed by atoms with Gasteiger partial charge in [-0.1, -0.05) is 17.7 Å². The van der Waals surface area contributed by atoms with Gasteiger partial charge >= 0.3 is 5.69 Å². The van der Waals surface area contributed by atoms with Gasteiger partial charge in [0.15, 0.2) is 0 Å². The summed E-state index contributed by atoms with van der Waals surface area (Å²) >= 11 is 6.05. The average molecular weight is 478 g/mol. The van der Waals surface area contributed by atoms with Crippen LogP contribution in [-0.4, -0.2) is 24.3 Å². The molecule has 0 amide bonds. The predicted octanol–water partition coefficient (Wildman–Crippen LogP) is 2.93. The second-order valence-electron chi connectivity index (χ2n) is 7.95. The Labute approximate surface area is 197 Å². The van der Waals surface area contributed by atoms with Crippen LogP contribution in [0.25, 0.3) is 16.8 Å². The van der Waals surface area contributed by atoms with Crippen molar-refractivity contribution in [2.75, 3.05) is 4.90 Å². The molecule has 1 N–H and O–H groups in total. The molecule has 1 aliphatic heterocycles. The zero-order valence-corrected chi connectivity index (χ0v) is 18.7. The summed E-state index contributed by atoms with van der Waals surface area (Å²) in [4.78, 5) is 33.4. The van der Waals surface area contributed by atoms with Crippen LogP contribution < -0.4 is 16.1 Å². The van der Waals surface area contributed by atoms with Gasteiger partial charge in [0.1, 0.15) is 18.2 Å². The molecule has 4 heterocycles. The maximum absolute atomic E-state index is 14.0. The number of hydrogen-bond acceptors (Lipinski definition) is 6. The number of benzene rings is 1. The second kappa shape index (κ2) is 8.28. The van der Waals surface area contributed by atoms with Gasteiger partial charge < -0.3 is 4.90 Å². The first-order valence-corrected chi connectivity index (χ1v) is 10.7. The number of pyridine rings is 1. The smallest absolute Gasteiger partial charge is 0.338 e. The molecule has 4 aromatic rings. The number of rotatable bonds is 4. The summed E-state index contributed by atoms with van der Waals surface area (Å²) in [6.07, 6.45) is 4.68. The van der Waals surface area contributed by atoms with Crippen molar-refractivity contribution in [3.05, 3.63) is 91.4 Å². The third-order valence-corrected chi connectivity index (χ3v) is 5.98. The summed E-state index contributed by atoms with van der Waals surface area (Å²) in [5.41, 5.74) is 1.89. The highest BCUT2D eigenvalue weighted by molar-refractivity contribution is 6.31. The van der Waals surface area contributed by atoms with Gasteiger partial charge in [0.2, 0.25) is 0 Å². The molecule has 0 radical (unpaired) electrons. The average Bonchev–Trinajstić information content (AvgIpc) is 3.40. The Hall–Kier alpha value is -4.23. The minimum Gasteiger partial charge on any atom is -0.347 e. The molecule has 1 aromatic carbocycles. The fraction of sp³-hybridized carbons (Fsp3) is 0.174. The van der Waals surface area contributed by atoms with E-state index >= 15 is 0 Å². The molecule has 0 bridgehead atoms. The van der Waals surface area contributed by atoms with Crippen LogP contribution in [0, 0.1) is 24.1 Å². The van der Waals surface area contributed by atoms with Crippen molar-refractivity contribution in [3.8, 4) is 22.9 Å². The van der Waals surface area contributed by atoms with E-state index in [0.29, 0.717) is 18.7 Å². The van der Waals surface area contributed by atoms with Crippen molar-refractivity contribution in [3.63, 3.8) is 0 Å². The summed E-state index contributed by atoms with van der Waals surface area (Å²) < 4.78 is 16.2. The first kappa shape index (κ1) is 21.6. The molecule has 0 saturated heterocycles. The zero-order chi connectivity index (χ0) is 24.0. The maximum atomic E-state index is 14.0. The lowest BCUT2D eigenvalue weighted by molar-refractivity contribution is 0.628. The van der Waals surface area contributed by atoms with Gasteiger partial charge in [-0.25, -0.2) is 13.8 Å². The summed E-state index contributed by atoms with van der Waals surface area (Å²) in [5, 5.41) is 16.3. The first-order valence-electron chi connectivity index (χ1n) is 10.3. The van der Waals surface area contributed by atoms with E-state index < -0.39 is 17.1 Å². The highest BCUT2D eigenvalue weighted by Gasteiger charge is 2.30. The molecule has 0 atom stereocenters. The molecule has 3 aromatic heterocycles. The van der Waals surface area contributed by atoms with Crippen molar-refractivity contribution in [1.82, 2.24) is 24.3 Å². The fourth-order valence-electron chi connectivity index (χ4n) is 4.19. The number of fused-ring (bicyclic) bond motifs is 1. The quantitative estimate of drug-likeness (QED) is 0.483. The molecule has 34 heavy (non-hydrogen) atoms. The molecule has 9 nitrogen and oxygen atoms in total. The highest BCUT2D eigenvalue weighted by atomic mass is 35.5. The van der Waals surface area contributed by atoms with Gasteiger partial charge in [-0.15, -0.1) is 0 Å². The number of nitriles is 1. The molecular weight excluding hydrogens is 461 g/mol. The number of anilines is 1. The number of halogens is 2. The summed E-state index contributed by atoms with van der Waals surface area (Å²) in [6.45, 7) is 2.19. The number of nitrogens with one attached hydrogen (secondary N) is 1. The normalized spacial score (nSPS) is 12.6. The maximum Gasteiger partial charge on any atom is 0.338 e. The molecule has 0 aliphatic carbocycles. The molecule has 5 rings (SSSR count). The minimum atomic E-state index is -0.681. The number of aromatic amines is 1. The Kier molecular flexibility index (Phi) is 5.26. The van der Waals surface area contributed by atoms with Crippen molar-refractivity contribution in [1.29, 1.82) is 5.26 Å². The van der Waals surface area contributed by atoms with E-state index in [1.165, 1.54) is 22.9 Å². The topological polar surface area (TPSA) is 113 Å². The van der Waals surface area contributed by atoms with E-state index in [1.807, 2.05) is 11.0 Å². The predicted molar refractivity (Wildman–Crippen MR) is 123 cm³/mol. The molecule has 0 fully saturated rings. The SMILES string of the molecule is Cc1cncc(-n2c(=O)c(-c3ccc(F)c(Cl)c3)c(N3Cc4cn[nH]c4C3)n(CC#N)c2=O)c1. The number of hydrogen-bond donors (Lipinski definition) is 1. The van der Waals surface area contributed by atoms with E-state index in [-0.39, 0.29) is 28.6 Å². The Morgan fingerprint density at radius 1 is 1.21 bits per heavy atom. The number of H-pyrrole nitrogens is 1. The Bertz CT molecular complexity index is 1580. The van der Waals surface area contributed by atoms with Crippen LogP contribution in [0.5, 0.6) is 0 Å². The van der Waals surface area contributed by atoms with Crippen LogP contribution in [-0.2, 0) is 19.6 Å². The van der Waals surface area contributed by atoms with E-state index in [4.69, 9.17) is 11.6 Å². The van der Waals surface area contributed by atoms with Gasteiger partial charge in [-0.3, -0.25) is 19.4 Å². The van der Waals surface area contributed by atoms with Crippen LogP contribution in [0.4, 0.5) is 10.2 Å². The summed E-state index contributed by atoms with van der Waals surface area (Å²) in [7, 11) is 0. The molecule has 0 spiro atoms. The Balaban J connectivity index is 1.87. The van der Waals surface area contributed by atoms with Crippen molar-refractivity contribution < 1.29 is 4.39 Å². The van der Waals surface area contributed by atoms with E-state index in [1.54, 1.807) is 25.4 Å². The molecular formula is C23H17ClFN7O2. The first-order chi connectivity index (χ1) is 16.4. The monoisotopic (exact) mass is 477 g/mol. The second-order valence-corrected chi connectivity index (χ2v) is 8.35. The van der Waals surface area contributed by atoms with Crippen molar-refractivity contribution >= 4 is 17.4 Å². The van der Waals surface area contributed by atoms with Crippen LogP contribution >= 0.6 is 11.6 Å². The van der Waals surface area contributed by atoms with Crippen molar-refractivity contribution in [2.45, 2.75) is 26.6 Å². The fourth-order valence-corrected chi connectivity index (χ4v) is 4.37. The lowest BCUT2D eigenvalue weighted by Gasteiger charge is -2.26.